The number of carbonyl (C=O) groups is 1. The Labute approximate surface area is 160 Å². The van der Waals surface area contributed by atoms with Crippen molar-refractivity contribution in [3.8, 4) is 5.75 Å². The van der Waals surface area contributed by atoms with Gasteiger partial charge in [-0.1, -0.05) is 30.8 Å². The molecule has 140 valence electrons. The molecule has 0 saturated carbocycles. The van der Waals surface area contributed by atoms with E-state index in [0.717, 1.165) is 39.8 Å². The molecule has 1 amide bonds. The average Bonchev–Trinajstić information content (AvgIpc) is 2.65. The lowest BCUT2D eigenvalue weighted by Gasteiger charge is -2.18. The number of nitrogens with one attached hydrogen (secondary N) is 1. The van der Waals surface area contributed by atoms with Gasteiger partial charge in [0.2, 0.25) is 5.91 Å². The highest BCUT2D eigenvalue weighted by atomic mass is 32.2. The minimum Gasteiger partial charge on any atom is -0.497 e. The van der Waals surface area contributed by atoms with E-state index >= 15 is 0 Å². The summed E-state index contributed by atoms with van der Waals surface area (Å²) in [5.41, 5.74) is 4.06. The lowest BCUT2D eigenvalue weighted by molar-refractivity contribution is -0.121. The van der Waals surface area contributed by atoms with Gasteiger partial charge in [0.1, 0.15) is 5.75 Å². The smallest absolute Gasteiger partial charge is 0.220 e. The molecule has 1 heterocycles. The molecule has 0 fully saturated rings. The van der Waals surface area contributed by atoms with Gasteiger partial charge < -0.3 is 10.1 Å². The first-order valence-corrected chi connectivity index (χ1v) is 10.0. The summed E-state index contributed by atoms with van der Waals surface area (Å²) in [7, 11) is 1.65. The highest BCUT2D eigenvalue weighted by Crippen LogP contribution is 2.21. The molecule has 5 nitrogen and oxygen atoms in total. The van der Waals surface area contributed by atoms with E-state index in [4.69, 9.17) is 4.74 Å². The Morgan fingerprint density at radius 2 is 1.81 bits per heavy atom. The minimum atomic E-state index is 0.00529. The summed E-state index contributed by atoms with van der Waals surface area (Å²) in [5, 5.41) is 3.90. The predicted molar refractivity (Wildman–Crippen MR) is 106 cm³/mol. The molecule has 1 unspecified atom stereocenters. The van der Waals surface area contributed by atoms with Crippen LogP contribution in [-0.2, 0) is 11.2 Å². The highest BCUT2D eigenvalue weighted by Gasteiger charge is 2.15. The monoisotopic (exact) mass is 373 g/mol. The van der Waals surface area contributed by atoms with Gasteiger partial charge in [-0.25, -0.2) is 9.97 Å². The van der Waals surface area contributed by atoms with E-state index in [-0.39, 0.29) is 11.9 Å². The Balaban J connectivity index is 1.99. The van der Waals surface area contributed by atoms with E-state index in [1.165, 1.54) is 11.8 Å². The van der Waals surface area contributed by atoms with Crippen LogP contribution in [-0.4, -0.2) is 29.2 Å². The maximum absolute atomic E-state index is 12.4. The molecule has 0 bridgehead atoms. The summed E-state index contributed by atoms with van der Waals surface area (Å²) in [6.07, 6.45) is 3.88. The Morgan fingerprint density at radius 3 is 2.31 bits per heavy atom. The molecule has 6 heteroatoms. The van der Waals surface area contributed by atoms with Gasteiger partial charge in [-0.2, -0.15) is 0 Å². The van der Waals surface area contributed by atoms with Gasteiger partial charge in [-0.15, -0.1) is 0 Å². The summed E-state index contributed by atoms with van der Waals surface area (Å²) < 4.78 is 5.19. The molecule has 1 aromatic heterocycles. The summed E-state index contributed by atoms with van der Waals surface area (Å²) in [5.74, 6) is 0.856. The lowest BCUT2D eigenvalue weighted by Crippen LogP contribution is -2.28. The number of aromatic nitrogens is 2. The third kappa shape index (κ3) is 5.21. The van der Waals surface area contributed by atoms with Crippen LogP contribution < -0.4 is 10.1 Å². The number of ether oxygens (including phenoxy) is 1. The number of nitrogens with zero attached hydrogens (tertiary/aromatic N) is 2. The fraction of sp³-hybridized carbons (Fsp3) is 0.450. The van der Waals surface area contributed by atoms with Crippen LogP contribution in [0.3, 0.4) is 0 Å². The third-order valence-electron chi connectivity index (χ3n) is 4.45. The van der Waals surface area contributed by atoms with Crippen molar-refractivity contribution >= 4 is 17.7 Å². The first-order chi connectivity index (χ1) is 12.5. The second-order valence-electron chi connectivity index (χ2n) is 6.16. The van der Waals surface area contributed by atoms with Crippen molar-refractivity contribution in [1.82, 2.24) is 15.3 Å². The van der Waals surface area contributed by atoms with Crippen molar-refractivity contribution in [3.63, 3.8) is 0 Å². The molecule has 1 N–H and O–H groups in total. The number of carbonyl (C=O) groups excluding carboxylic acids is 1. The van der Waals surface area contributed by atoms with Crippen LogP contribution in [0.4, 0.5) is 0 Å². The maximum Gasteiger partial charge on any atom is 0.220 e. The van der Waals surface area contributed by atoms with Gasteiger partial charge in [-0.05, 0) is 56.2 Å². The largest absolute Gasteiger partial charge is 0.497 e. The Kier molecular flexibility index (Phi) is 7.45. The number of thioether (sulfide) groups is 1. The SMILES string of the molecule is CCC(NC(=O)CCc1c(C)nc(SC)nc1C)c1ccc(OC)cc1. The van der Waals surface area contributed by atoms with Gasteiger partial charge in [0.05, 0.1) is 13.2 Å². The number of rotatable bonds is 8. The standard InChI is InChI=1S/C20H27N3O2S/c1-6-18(15-7-9-16(25-4)10-8-15)23-19(24)12-11-17-13(2)21-20(26-5)22-14(17)3/h7-10,18H,6,11-12H2,1-5H3,(H,23,24). The number of methoxy groups -OCH3 is 1. The van der Waals surface area contributed by atoms with Crippen LogP contribution in [0.2, 0.25) is 0 Å². The normalized spacial score (nSPS) is 11.9. The minimum absolute atomic E-state index is 0.00529. The summed E-state index contributed by atoms with van der Waals surface area (Å²) in [6.45, 7) is 6.03. The van der Waals surface area contributed by atoms with E-state index in [9.17, 15) is 4.79 Å². The van der Waals surface area contributed by atoms with Crippen molar-refractivity contribution in [2.45, 2.75) is 51.2 Å². The lowest BCUT2D eigenvalue weighted by atomic mass is 10.0. The molecule has 0 aliphatic heterocycles. The summed E-state index contributed by atoms with van der Waals surface area (Å²) in [6, 6.07) is 7.83. The van der Waals surface area contributed by atoms with Crippen molar-refractivity contribution in [1.29, 1.82) is 0 Å². The second-order valence-corrected chi connectivity index (χ2v) is 6.93. The second kappa shape index (κ2) is 9.57. The molecule has 0 aliphatic rings. The molecule has 0 spiro atoms. The van der Waals surface area contributed by atoms with Crippen molar-refractivity contribution < 1.29 is 9.53 Å². The molecule has 26 heavy (non-hydrogen) atoms. The van der Waals surface area contributed by atoms with Gasteiger partial charge >= 0.3 is 0 Å². The van der Waals surface area contributed by atoms with Crippen molar-refractivity contribution in [2.75, 3.05) is 13.4 Å². The zero-order valence-corrected chi connectivity index (χ0v) is 16.9. The van der Waals surface area contributed by atoms with Crippen LogP contribution >= 0.6 is 11.8 Å². The van der Waals surface area contributed by atoms with E-state index < -0.39 is 0 Å². The molecule has 2 aromatic rings. The number of hydrogen-bond acceptors (Lipinski definition) is 5. The number of hydrogen-bond donors (Lipinski definition) is 1. The van der Waals surface area contributed by atoms with Gasteiger partial charge in [0, 0.05) is 17.8 Å². The van der Waals surface area contributed by atoms with Crippen LogP contribution in [0, 0.1) is 13.8 Å². The fourth-order valence-electron chi connectivity index (χ4n) is 2.92. The zero-order chi connectivity index (χ0) is 19.1. The number of benzene rings is 1. The Hall–Kier alpha value is -2.08. The van der Waals surface area contributed by atoms with E-state index in [0.29, 0.717) is 12.8 Å². The molecule has 0 aliphatic carbocycles. The first-order valence-electron chi connectivity index (χ1n) is 8.79. The van der Waals surface area contributed by atoms with Crippen LogP contribution in [0.25, 0.3) is 0 Å². The third-order valence-corrected chi connectivity index (χ3v) is 4.99. The van der Waals surface area contributed by atoms with Crippen molar-refractivity contribution in [2.24, 2.45) is 0 Å². The average molecular weight is 374 g/mol. The van der Waals surface area contributed by atoms with E-state index in [2.05, 4.69) is 22.2 Å². The summed E-state index contributed by atoms with van der Waals surface area (Å²) in [4.78, 5) is 21.4. The Bertz CT molecular complexity index is 724. The topological polar surface area (TPSA) is 64.1 Å². The number of aryl methyl sites for hydroxylation is 2. The quantitative estimate of drug-likeness (QED) is 0.559. The van der Waals surface area contributed by atoms with Gasteiger partial charge in [0.25, 0.3) is 0 Å². The molecule has 0 saturated heterocycles. The van der Waals surface area contributed by atoms with Gasteiger partial charge in [-0.3, -0.25) is 4.79 Å². The molecular weight excluding hydrogens is 346 g/mol. The maximum atomic E-state index is 12.4. The van der Waals surface area contributed by atoms with E-state index in [1.807, 2.05) is 44.4 Å². The molecule has 1 aromatic carbocycles. The van der Waals surface area contributed by atoms with Gasteiger partial charge in [0.15, 0.2) is 5.16 Å². The summed E-state index contributed by atoms with van der Waals surface area (Å²) >= 11 is 1.53. The first kappa shape index (κ1) is 20.2. The fourth-order valence-corrected chi connectivity index (χ4v) is 3.38. The zero-order valence-electron chi connectivity index (χ0n) is 16.1. The predicted octanol–water partition coefficient (Wildman–Crippen LogP) is 4.02. The van der Waals surface area contributed by atoms with Crippen LogP contribution in [0.1, 0.15) is 48.3 Å². The molecular formula is C20H27N3O2S. The molecule has 1 atom stereocenters. The van der Waals surface area contributed by atoms with Crippen molar-refractivity contribution in [3.05, 3.63) is 46.8 Å². The van der Waals surface area contributed by atoms with Crippen LogP contribution in [0.15, 0.2) is 29.4 Å². The highest BCUT2D eigenvalue weighted by molar-refractivity contribution is 7.98. The van der Waals surface area contributed by atoms with E-state index in [1.54, 1.807) is 7.11 Å². The van der Waals surface area contributed by atoms with Crippen LogP contribution in [0.5, 0.6) is 5.75 Å². The molecule has 0 radical (unpaired) electrons. The Morgan fingerprint density at radius 1 is 1.19 bits per heavy atom. The number of amides is 1. The molecule has 2 rings (SSSR count).